The Morgan fingerprint density at radius 2 is 1.30 bits per heavy atom. The third kappa shape index (κ3) is 5.35. The second kappa shape index (κ2) is 7.74. The van der Waals surface area contributed by atoms with Crippen LogP contribution < -0.4 is 0 Å². The van der Waals surface area contributed by atoms with Gasteiger partial charge in [-0.25, -0.2) is 0 Å². The molecule has 20 heavy (non-hydrogen) atoms. The van der Waals surface area contributed by atoms with E-state index in [-0.39, 0.29) is 29.5 Å². The highest BCUT2D eigenvalue weighted by Gasteiger charge is 2.06. The summed E-state index contributed by atoms with van der Waals surface area (Å²) < 4.78 is 0. The number of carbonyl (C=O) groups is 2. The zero-order valence-corrected chi connectivity index (χ0v) is 11.1. The molecule has 0 radical (unpaired) electrons. The van der Waals surface area contributed by atoms with Gasteiger partial charge in [-0.2, -0.15) is 0 Å². The van der Waals surface area contributed by atoms with Crippen LogP contribution in [0.25, 0.3) is 0 Å². The van der Waals surface area contributed by atoms with E-state index < -0.39 is 0 Å². The normalized spacial score (nSPS) is 9.25. The largest absolute Gasteiger partial charge is 0.504 e. The van der Waals surface area contributed by atoms with Crippen molar-refractivity contribution >= 4 is 11.6 Å². The number of rotatable bonds is 3. The van der Waals surface area contributed by atoms with Crippen LogP contribution in [-0.2, 0) is 4.79 Å². The minimum Gasteiger partial charge on any atom is -0.504 e. The van der Waals surface area contributed by atoms with E-state index in [0.717, 1.165) is 0 Å². The predicted molar refractivity (Wildman–Crippen MR) is 75.8 cm³/mol. The van der Waals surface area contributed by atoms with Crippen LogP contribution in [0.5, 0.6) is 11.5 Å². The maximum atomic E-state index is 11.2. The second-order valence-electron chi connectivity index (χ2n) is 4.16. The lowest BCUT2D eigenvalue weighted by atomic mass is 10.1. The van der Waals surface area contributed by atoms with Gasteiger partial charge in [0.05, 0.1) is 6.42 Å². The maximum absolute atomic E-state index is 11.2. The van der Waals surface area contributed by atoms with Gasteiger partial charge in [0.1, 0.15) is 5.78 Å². The fraction of sp³-hybridized carbons (Fsp3) is 0.125. The number of para-hydroxylation sites is 2. The Labute approximate surface area is 117 Å². The molecule has 0 saturated carbocycles. The number of phenols is 2. The zero-order chi connectivity index (χ0) is 15.0. The summed E-state index contributed by atoms with van der Waals surface area (Å²) >= 11 is 0. The first kappa shape index (κ1) is 15.4. The first-order valence-corrected chi connectivity index (χ1v) is 6.05. The smallest absolute Gasteiger partial charge is 0.170 e. The third-order valence-corrected chi connectivity index (χ3v) is 2.39. The molecule has 0 saturated heterocycles. The Balaban J connectivity index is 0.000000217. The molecule has 104 valence electrons. The maximum Gasteiger partial charge on any atom is 0.170 e. The van der Waals surface area contributed by atoms with E-state index in [9.17, 15) is 9.59 Å². The molecule has 0 aliphatic carbocycles. The van der Waals surface area contributed by atoms with E-state index in [1.165, 1.54) is 19.1 Å². The summed E-state index contributed by atoms with van der Waals surface area (Å²) in [6.07, 6.45) is 0.00398. The molecule has 0 spiro atoms. The molecule has 2 aromatic carbocycles. The number of benzene rings is 2. The van der Waals surface area contributed by atoms with Crippen molar-refractivity contribution in [1.29, 1.82) is 0 Å². The van der Waals surface area contributed by atoms with Crippen LogP contribution in [0.4, 0.5) is 0 Å². The van der Waals surface area contributed by atoms with Gasteiger partial charge in [-0.05, 0) is 19.1 Å². The Hall–Kier alpha value is -2.62. The van der Waals surface area contributed by atoms with Crippen molar-refractivity contribution < 1.29 is 19.8 Å². The molecule has 2 rings (SSSR count). The molecule has 4 nitrogen and oxygen atoms in total. The number of hydrogen-bond donors (Lipinski definition) is 2. The van der Waals surface area contributed by atoms with Crippen molar-refractivity contribution in [1.82, 2.24) is 0 Å². The van der Waals surface area contributed by atoms with E-state index in [0.29, 0.717) is 5.56 Å². The van der Waals surface area contributed by atoms with Crippen molar-refractivity contribution in [2.24, 2.45) is 0 Å². The minimum absolute atomic E-state index is 0.00398. The summed E-state index contributed by atoms with van der Waals surface area (Å²) in [5.41, 5.74) is 0.604. The highest BCUT2D eigenvalue weighted by atomic mass is 16.3. The fourth-order valence-electron chi connectivity index (χ4n) is 1.42. The van der Waals surface area contributed by atoms with Gasteiger partial charge in [-0.1, -0.05) is 42.5 Å². The number of carbonyl (C=O) groups excluding carboxylic acids is 2. The quantitative estimate of drug-likeness (QED) is 0.512. The topological polar surface area (TPSA) is 74.6 Å². The zero-order valence-electron chi connectivity index (χ0n) is 11.1. The lowest BCUT2D eigenvalue weighted by molar-refractivity contribution is -0.116. The van der Waals surface area contributed by atoms with Crippen LogP contribution in [0.1, 0.15) is 23.7 Å². The number of phenolic OH excluding ortho intramolecular Hbond substituents is 2. The molecule has 0 atom stereocenters. The Morgan fingerprint density at radius 3 is 1.70 bits per heavy atom. The van der Waals surface area contributed by atoms with Crippen molar-refractivity contribution in [2.75, 3.05) is 0 Å². The van der Waals surface area contributed by atoms with Crippen molar-refractivity contribution in [2.45, 2.75) is 13.3 Å². The Kier molecular flexibility index (Phi) is 5.97. The lowest BCUT2D eigenvalue weighted by Gasteiger charge is -1.95. The highest BCUT2D eigenvalue weighted by molar-refractivity contribution is 6.07. The second-order valence-corrected chi connectivity index (χ2v) is 4.16. The van der Waals surface area contributed by atoms with Crippen molar-refractivity contribution in [3.05, 3.63) is 60.2 Å². The Morgan fingerprint density at radius 1 is 0.850 bits per heavy atom. The summed E-state index contributed by atoms with van der Waals surface area (Å²) in [5.74, 6) is -0.355. The van der Waals surface area contributed by atoms with E-state index in [2.05, 4.69) is 0 Å². The molecule has 0 amide bonds. The van der Waals surface area contributed by atoms with E-state index in [1.807, 2.05) is 6.07 Å². The molecule has 0 aliphatic heterocycles. The summed E-state index contributed by atoms with van der Waals surface area (Å²) in [6.45, 7) is 1.42. The highest BCUT2D eigenvalue weighted by Crippen LogP contribution is 2.21. The van der Waals surface area contributed by atoms with Crippen LogP contribution in [0.15, 0.2) is 54.6 Å². The molecule has 0 aliphatic rings. The number of hydrogen-bond acceptors (Lipinski definition) is 4. The predicted octanol–water partition coefficient (Wildman–Crippen LogP) is 2.95. The van der Waals surface area contributed by atoms with Gasteiger partial charge in [0, 0.05) is 5.56 Å². The average Bonchev–Trinajstić information content (AvgIpc) is 2.43. The third-order valence-electron chi connectivity index (χ3n) is 2.39. The molecule has 0 fully saturated rings. The van der Waals surface area contributed by atoms with Crippen LogP contribution in [0.2, 0.25) is 0 Å². The summed E-state index contributed by atoms with van der Waals surface area (Å²) in [6, 6.07) is 15.0. The molecule has 0 bridgehead atoms. The number of aromatic hydroxyl groups is 2. The molecule has 0 aromatic heterocycles. The summed E-state index contributed by atoms with van der Waals surface area (Å²) in [7, 11) is 0. The van der Waals surface area contributed by atoms with Gasteiger partial charge in [0.25, 0.3) is 0 Å². The molecule has 0 heterocycles. The molecular formula is C16H16O4. The number of Topliss-reactive ketones (excluding diaryl/α,β-unsaturated/α-hetero) is 2. The monoisotopic (exact) mass is 272 g/mol. The van der Waals surface area contributed by atoms with Crippen LogP contribution in [0.3, 0.4) is 0 Å². The number of ketones is 2. The van der Waals surface area contributed by atoms with Gasteiger partial charge in [0.15, 0.2) is 17.3 Å². The first-order valence-electron chi connectivity index (χ1n) is 6.05. The molecule has 4 heteroatoms. The molecule has 2 aromatic rings. The Bertz CT molecular complexity index is 555. The van der Waals surface area contributed by atoms with Crippen molar-refractivity contribution in [3.8, 4) is 11.5 Å². The van der Waals surface area contributed by atoms with Gasteiger partial charge in [0.2, 0.25) is 0 Å². The van der Waals surface area contributed by atoms with Gasteiger partial charge in [-0.3, -0.25) is 9.59 Å². The van der Waals surface area contributed by atoms with Gasteiger partial charge in [-0.15, -0.1) is 0 Å². The lowest BCUT2D eigenvalue weighted by Crippen LogP contribution is -2.04. The van der Waals surface area contributed by atoms with E-state index in [4.69, 9.17) is 10.2 Å². The molecule has 0 unspecified atom stereocenters. The summed E-state index contributed by atoms with van der Waals surface area (Å²) in [4.78, 5) is 21.8. The SMILES string of the molecule is CC(=O)CC(=O)c1ccccc1.Oc1ccccc1O. The fourth-order valence-corrected chi connectivity index (χ4v) is 1.42. The van der Waals surface area contributed by atoms with Crippen LogP contribution in [-0.4, -0.2) is 21.8 Å². The van der Waals surface area contributed by atoms with E-state index >= 15 is 0 Å². The van der Waals surface area contributed by atoms with Crippen LogP contribution in [0, 0.1) is 0 Å². The van der Waals surface area contributed by atoms with Crippen LogP contribution >= 0.6 is 0 Å². The minimum atomic E-state index is -0.108. The molecule has 2 N–H and O–H groups in total. The van der Waals surface area contributed by atoms with Gasteiger partial charge >= 0.3 is 0 Å². The van der Waals surface area contributed by atoms with Crippen molar-refractivity contribution in [3.63, 3.8) is 0 Å². The average molecular weight is 272 g/mol. The van der Waals surface area contributed by atoms with Gasteiger partial charge < -0.3 is 10.2 Å². The summed E-state index contributed by atoms with van der Waals surface area (Å²) in [5, 5.41) is 17.3. The van der Waals surface area contributed by atoms with E-state index in [1.54, 1.807) is 36.4 Å². The first-order chi connectivity index (χ1) is 9.50. The standard InChI is InChI=1S/C10H10O2.C6H6O2/c1-8(11)7-10(12)9-5-3-2-4-6-9;7-5-3-1-2-4-6(5)8/h2-6H,7H2,1H3;1-4,7-8H. The molecular weight excluding hydrogens is 256 g/mol.